The molecular weight excluding hydrogens is 601 g/mol. The summed E-state index contributed by atoms with van der Waals surface area (Å²) in [4.78, 5) is 28.5. The number of nitrogens with one attached hydrogen (secondary N) is 1. The van der Waals surface area contributed by atoms with Crippen molar-refractivity contribution < 1.29 is 27.5 Å². The van der Waals surface area contributed by atoms with E-state index in [9.17, 15) is 18.0 Å². The Hall–Kier alpha value is -3.47. The molecule has 0 aliphatic carbocycles. The van der Waals surface area contributed by atoms with Gasteiger partial charge in [0.1, 0.15) is 25.8 Å². The molecule has 0 saturated heterocycles. The molecule has 1 N–H and O–H groups in total. The average molecular weight is 635 g/mol. The lowest BCUT2D eigenvalue weighted by Gasteiger charge is -2.32. The molecule has 42 heavy (non-hydrogen) atoms. The molecule has 224 valence electrons. The van der Waals surface area contributed by atoms with Crippen LogP contribution in [0.2, 0.25) is 10.0 Å². The maximum Gasteiger partial charge on any atom is 0.264 e. The van der Waals surface area contributed by atoms with Gasteiger partial charge in [0.2, 0.25) is 11.8 Å². The van der Waals surface area contributed by atoms with Crippen molar-refractivity contribution in [2.24, 2.45) is 0 Å². The van der Waals surface area contributed by atoms with Crippen LogP contribution in [0.25, 0.3) is 0 Å². The smallest absolute Gasteiger partial charge is 0.264 e. The van der Waals surface area contributed by atoms with Gasteiger partial charge in [-0.3, -0.25) is 13.9 Å². The van der Waals surface area contributed by atoms with Crippen LogP contribution in [0.3, 0.4) is 0 Å². The Bertz CT molecular complexity index is 1520. The summed E-state index contributed by atoms with van der Waals surface area (Å²) in [5.74, 6) is -0.120. The van der Waals surface area contributed by atoms with E-state index in [1.54, 1.807) is 55.5 Å². The maximum atomic E-state index is 14.1. The minimum Gasteiger partial charge on any atom is -0.486 e. The Morgan fingerprint density at radius 1 is 0.976 bits per heavy atom. The van der Waals surface area contributed by atoms with E-state index in [2.05, 4.69) is 5.32 Å². The third kappa shape index (κ3) is 7.48. The van der Waals surface area contributed by atoms with E-state index >= 15 is 0 Å². The number of carbonyl (C=O) groups is 2. The molecule has 0 unspecified atom stereocenters. The van der Waals surface area contributed by atoms with E-state index in [0.717, 1.165) is 17.1 Å². The number of nitrogens with zero attached hydrogens (tertiary/aromatic N) is 2. The Morgan fingerprint density at radius 3 is 2.38 bits per heavy atom. The van der Waals surface area contributed by atoms with Crippen LogP contribution in [0.4, 0.5) is 5.69 Å². The first-order chi connectivity index (χ1) is 20.1. The number of rotatable bonds is 12. The lowest BCUT2D eigenvalue weighted by atomic mass is 10.1. The van der Waals surface area contributed by atoms with Crippen LogP contribution < -0.4 is 19.1 Å². The van der Waals surface area contributed by atoms with Gasteiger partial charge in [0.25, 0.3) is 10.0 Å². The zero-order chi connectivity index (χ0) is 30.3. The number of unbranched alkanes of at least 4 members (excludes halogenated alkanes) is 1. The zero-order valence-electron chi connectivity index (χ0n) is 23.4. The van der Waals surface area contributed by atoms with Crippen LogP contribution in [0.15, 0.2) is 71.6 Å². The number of ether oxygens (including phenoxy) is 2. The average Bonchev–Trinajstić information content (AvgIpc) is 2.99. The summed E-state index contributed by atoms with van der Waals surface area (Å²) in [5, 5.41) is 3.60. The highest BCUT2D eigenvalue weighted by Crippen LogP contribution is 2.36. The van der Waals surface area contributed by atoms with E-state index in [1.807, 2.05) is 6.92 Å². The SMILES string of the molecule is CCCCNC(=O)[C@@H](C)N(Cc1ccc(Cl)cc1Cl)C(=O)CN(c1ccc2c(c1)OCCO2)S(=O)(=O)c1ccccc1. The third-order valence-electron chi connectivity index (χ3n) is 6.78. The van der Waals surface area contributed by atoms with Gasteiger partial charge in [0, 0.05) is 29.2 Å². The number of fused-ring (bicyclic) bond motifs is 1. The number of hydrogen-bond acceptors (Lipinski definition) is 6. The first kappa shape index (κ1) is 31.5. The first-order valence-corrected chi connectivity index (χ1v) is 15.8. The molecule has 9 nitrogen and oxygen atoms in total. The van der Waals surface area contributed by atoms with E-state index in [-0.39, 0.29) is 23.0 Å². The number of hydrogen-bond donors (Lipinski definition) is 1. The highest BCUT2D eigenvalue weighted by molar-refractivity contribution is 7.92. The largest absolute Gasteiger partial charge is 0.486 e. The number of carbonyl (C=O) groups excluding carboxylic acids is 2. The molecule has 0 bridgehead atoms. The van der Waals surface area contributed by atoms with Gasteiger partial charge < -0.3 is 19.7 Å². The highest BCUT2D eigenvalue weighted by Gasteiger charge is 2.33. The van der Waals surface area contributed by atoms with Gasteiger partial charge in [-0.2, -0.15) is 0 Å². The summed E-state index contributed by atoms with van der Waals surface area (Å²) in [7, 11) is -4.21. The van der Waals surface area contributed by atoms with Crippen LogP contribution in [0, 0.1) is 0 Å². The van der Waals surface area contributed by atoms with E-state index in [1.165, 1.54) is 23.1 Å². The topological polar surface area (TPSA) is 105 Å². The summed E-state index contributed by atoms with van der Waals surface area (Å²) in [6.07, 6.45) is 1.67. The van der Waals surface area contributed by atoms with Gasteiger partial charge >= 0.3 is 0 Å². The lowest BCUT2D eigenvalue weighted by Crippen LogP contribution is -2.51. The van der Waals surface area contributed by atoms with Crippen LogP contribution in [0.1, 0.15) is 32.3 Å². The molecule has 4 rings (SSSR count). The Kier molecular flexibility index (Phi) is 10.6. The maximum absolute atomic E-state index is 14.1. The van der Waals surface area contributed by atoms with Crippen LogP contribution in [0.5, 0.6) is 11.5 Å². The molecule has 1 aliphatic rings. The molecule has 1 atom stereocenters. The molecule has 3 aromatic rings. The van der Waals surface area contributed by atoms with Gasteiger partial charge in [-0.15, -0.1) is 0 Å². The monoisotopic (exact) mass is 633 g/mol. The summed E-state index contributed by atoms with van der Waals surface area (Å²) in [6.45, 7) is 4.11. The van der Waals surface area contributed by atoms with Crippen molar-refractivity contribution in [1.29, 1.82) is 0 Å². The quantitative estimate of drug-likeness (QED) is 0.272. The Morgan fingerprint density at radius 2 is 1.69 bits per heavy atom. The van der Waals surface area contributed by atoms with Crippen molar-refractivity contribution in [2.45, 2.75) is 44.2 Å². The van der Waals surface area contributed by atoms with Crippen molar-refractivity contribution in [2.75, 3.05) is 30.6 Å². The summed E-state index contributed by atoms with van der Waals surface area (Å²) in [6, 6.07) is 16.5. The van der Waals surface area contributed by atoms with Gasteiger partial charge in [-0.05, 0) is 55.3 Å². The van der Waals surface area contributed by atoms with Gasteiger partial charge in [0.05, 0.1) is 10.6 Å². The van der Waals surface area contributed by atoms with Gasteiger partial charge in [-0.1, -0.05) is 60.8 Å². The molecule has 2 amide bonds. The minimum absolute atomic E-state index is 0.00495. The van der Waals surface area contributed by atoms with E-state index in [4.69, 9.17) is 32.7 Å². The third-order valence-corrected chi connectivity index (χ3v) is 9.15. The lowest BCUT2D eigenvalue weighted by molar-refractivity contribution is -0.139. The second-order valence-corrected chi connectivity index (χ2v) is 12.4. The molecule has 3 aromatic carbocycles. The molecule has 1 aliphatic heterocycles. The number of halogens is 2. The molecule has 0 aromatic heterocycles. The van der Waals surface area contributed by atoms with E-state index in [0.29, 0.717) is 46.9 Å². The number of anilines is 1. The van der Waals surface area contributed by atoms with Crippen LogP contribution >= 0.6 is 23.2 Å². The predicted octanol–water partition coefficient (Wildman–Crippen LogP) is 5.29. The number of sulfonamides is 1. The van der Waals surface area contributed by atoms with Crippen LogP contribution in [-0.2, 0) is 26.2 Å². The Labute approximate surface area is 256 Å². The number of amides is 2. The second-order valence-electron chi connectivity index (χ2n) is 9.73. The highest BCUT2D eigenvalue weighted by atomic mass is 35.5. The van der Waals surface area contributed by atoms with Crippen molar-refractivity contribution in [3.05, 3.63) is 82.3 Å². The van der Waals surface area contributed by atoms with Crippen molar-refractivity contribution in [3.63, 3.8) is 0 Å². The molecule has 0 fully saturated rings. The second kappa shape index (κ2) is 14.1. The fraction of sp³-hybridized carbons (Fsp3) is 0.333. The fourth-order valence-electron chi connectivity index (χ4n) is 4.39. The predicted molar refractivity (Wildman–Crippen MR) is 163 cm³/mol. The van der Waals surface area contributed by atoms with Crippen LogP contribution in [-0.4, -0.2) is 57.5 Å². The van der Waals surface area contributed by atoms with Gasteiger partial charge in [-0.25, -0.2) is 8.42 Å². The number of benzene rings is 3. The molecule has 0 saturated carbocycles. The Balaban J connectivity index is 1.72. The molecular formula is C30H33Cl2N3O6S. The summed E-state index contributed by atoms with van der Waals surface area (Å²) >= 11 is 12.5. The molecule has 1 heterocycles. The normalized spacial score (nSPS) is 13.2. The van der Waals surface area contributed by atoms with Crippen molar-refractivity contribution in [1.82, 2.24) is 10.2 Å². The summed E-state index contributed by atoms with van der Waals surface area (Å²) < 4.78 is 40.2. The fourth-order valence-corrected chi connectivity index (χ4v) is 6.28. The standard InChI is InChI=1S/C30H33Cl2N3O6S/c1-3-4-14-33-30(37)21(2)34(19-22-10-11-23(31)17-26(22)32)29(36)20-35(42(38,39)25-8-6-5-7-9-25)24-12-13-27-28(18-24)41-16-15-40-27/h5-13,17-18,21H,3-4,14-16,19-20H2,1-2H3,(H,33,37)/t21-/m1/s1. The van der Waals surface area contributed by atoms with Crippen molar-refractivity contribution >= 4 is 50.7 Å². The zero-order valence-corrected chi connectivity index (χ0v) is 25.7. The van der Waals surface area contributed by atoms with Crippen molar-refractivity contribution in [3.8, 4) is 11.5 Å². The van der Waals surface area contributed by atoms with E-state index < -0.39 is 28.5 Å². The molecule has 0 spiro atoms. The first-order valence-electron chi connectivity index (χ1n) is 13.6. The molecule has 12 heteroatoms. The summed E-state index contributed by atoms with van der Waals surface area (Å²) in [5.41, 5.74) is 0.764. The minimum atomic E-state index is -4.21. The van der Waals surface area contributed by atoms with Gasteiger partial charge in [0.15, 0.2) is 11.5 Å². The molecule has 0 radical (unpaired) electrons.